The number of likely N-dealkylation sites (N-methyl/N-ethyl adjacent to an activating group) is 1. The first-order chi connectivity index (χ1) is 16.4. The summed E-state index contributed by atoms with van der Waals surface area (Å²) in [7, 11) is 1.45. The fourth-order valence-corrected chi connectivity index (χ4v) is 5.73. The number of aliphatic hydroxyl groups excluding tert-OH is 1. The number of carbonyl (C=O) groups excluding carboxylic acids is 1. The molecule has 0 saturated carbocycles. The summed E-state index contributed by atoms with van der Waals surface area (Å²) in [5.74, 6) is 0.432. The third-order valence-corrected chi connectivity index (χ3v) is 8.56. The number of benzene rings is 1. The molecule has 10 nitrogen and oxygen atoms in total. The number of rotatable bonds is 7. The monoisotopic (exact) mass is 508 g/mol. The van der Waals surface area contributed by atoms with Crippen LogP contribution >= 0.6 is 0 Å². The third kappa shape index (κ3) is 5.62. The first-order valence-corrected chi connectivity index (χ1v) is 13.1. The van der Waals surface area contributed by atoms with E-state index in [9.17, 15) is 18.3 Å². The van der Waals surface area contributed by atoms with Crippen LogP contribution < -0.4 is 9.64 Å². The number of ether oxygens (including phenoxy) is 1. The van der Waals surface area contributed by atoms with Crippen LogP contribution in [0.25, 0.3) is 0 Å². The van der Waals surface area contributed by atoms with Gasteiger partial charge in [-0.15, -0.1) is 0 Å². The highest BCUT2D eigenvalue weighted by molar-refractivity contribution is 7.89. The van der Waals surface area contributed by atoms with E-state index in [1.807, 2.05) is 44.1 Å². The number of amides is 1. The minimum atomic E-state index is -3.88. The third-order valence-electron chi connectivity index (χ3n) is 6.49. The molecule has 1 aromatic heterocycles. The number of aromatic nitrogens is 1. The summed E-state index contributed by atoms with van der Waals surface area (Å²) >= 11 is 0. The van der Waals surface area contributed by atoms with Gasteiger partial charge in [-0.3, -0.25) is 4.79 Å². The fraction of sp³-hybridized carbons (Fsp3) is 0.583. The maximum atomic E-state index is 13.3. The highest BCUT2D eigenvalue weighted by Crippen LogP contribution is 2.31. The van der Waals surface area contributed by atoms with E-state index in [2.05, 4.69) is 5.16 Å². The Balaban J connectivity index is 2.00. The van der Waals surface area contributed by atoms with Crippen LogP contribution in [-0.4, -0.2) is 86.8 Å². The quantitative estimate of drug-likeness (QED) is 0.602. The zero-order chi connectivity index (χ0) is 26.1. The smallest absolute Gasteiger partial charge is 0.248 e. The predicted molar refractivity (Wildman–Crippen MR) is 132 cm³/mol. The van der Waals surface area contributed by atoms with E-state index >= 15 is 0 Å². The van der Waals surface area contributed by atoms with Crippen LogP contribution in [0.1, 0.15) is 30.9 Å². The molecule has 1 aliphatic heterocycles. The summed E-state index contributed by atoms with van der Waals surface area (Å²) in [6.07, 6.45) is -0.438. The average molecular weight is 509 g/mol. The first-order valence-electron chi connectivity index (χ1n) is 11.6. The van der Waals surface area contributed by atoms with Crippen molar-refractivity contribution in [1.82, 2.24) is 14.4 Å². The van der Waals surface area contributed by atoms with Crippen LogP contribution in [0.4, 0.5) is 5.69 Å². The van der Waals surface area contributed by atoms with Crippen molar-refractivity contribution in [2.75, 3.05) is 45.7 Å². The summed E-state index contributed by atoms with van der Waals surface area (Å²) in [5, 5.41) is 13.6. The second-order valence-corrected chi connectivity index (χ2v) is 11.5. The van der Waals surface area contributed by atoms with Crippen LogP contribution in [0.5, 0.6) is 5.75 Å². The topological polar surface area (TPSA) is 116 Å². The number of fused-ring (bicyclic) bond motifs is 1. The summed E-state index contributed by atoms with van der Waals surface area (Å²) in [6.45, 7) is 7.08. The Labute approximate surface area is 207 Å². The van der Waals surface area contributed by atoms with Gasteiger partial charge in [0, 0.05) is 44.9 Å². The van der Waals surface area contributed by atoms with E-state index in [4.69, 9.17) is 9.26 Å². The normalized spacial score (nSPS) is 20.0. The number of hydrogen-bond donors (Lipinski definition) is 1. The Kier molecular flexibility index (Phi) is 8.13. The van der Waals surface area contributed by atoms with E-state index in [0.29, 0.717) is 23.6 Å². The molecule has 0 aliphatic carbocycles. The van der Waals surface area contributed by atoms with Crippen LogP contribution in [0.3, 0.4) is 0 Å². The highest BCUT2D eigenvalue weighted by Gasteiger charge is 2.35. The molecule has 3 rings (SSSR count). The molecule has 1 aliphatic rings. The Morgan fingerprint density at radius 1 is 1.26 bits per heavy atom. The van der Waals surface area contributed by atoms with Crippen molar-refractivity contribution in [3.8, 4) is 5.75 Å². The Morgan fingerprint density at radius 2 is 1.94 bits per heavy atom. The van der Waals surface area contributed by atoms with Gasteiger partial charge in [0.25, 0.3) is 0 Å². The lowest BCUT2D eigenvalue weighted by atomic mass is 10.0. The maximum absolute atomic E-state index is 13.3. The molecule has 1 amide bonds. The van der Waals surface area contributed by atoms with Gasteiger partial charge < -0.3 is 24.2 Å². The molecule has 3 atom stereocenters. The average Bonchev–Trinajstić information content (AvgIpc) is 3.16. The molecule has 0 spiro atoms. The molecular weight excluding hydrogens is 472 g/mol. The summed E-state index contributed by atoms with van der Waals surface area (Å²) in [6, 6.07) is 5.26. The van der Waals surface area contributed by atoms with Gasteiger partial charge in [0.15, 0.2) is 5.76 Å². The van der Waals surface area contributed by atoms with Gasteiger partial charge >= 0.3 is 0 Å². The van der Waals surface area contributed by atoms with E-state index in [0.717, 1.165) is 5.69 Å². The van der Waals surface area contributed by atoms with Gasteiger partial charge in [-0.25, -0.2) is 8.42 Å². The van der Waals surface area contributed by atoms with Gasteiger partial charge in [0.2, 0.25) is 15.9 Å². The second-order valence-electron chi connectivity index (χ2n) is 9.51. The number of anilines is 1. The Hall–Kier alpha value is -2.63. The molecule has 2 aromatic rings. The summed E-state index contributed by atoms with van der Waals surface area (Å²) < 4.78 is 39.4. The molecule has 0 unspecified atom stereocenters. The predicted octanol–water partition coefficient (Wildman–Crippen LogP) is 1.83. The molecule has 35 heavy (non-hydrogen) atoms. The lowest BCUT2D eigenvalue weighted by Gasteiger charge is -2.33. The minimum Gasteiger partial charge on any atom is -0.488 e. The molecule has 1 aromatic carbocycles. The minimum absolute atomic E-state index is 0.0532. The van der Waals surface area contributed by atoms with Gasteiger partial charge in [0.1, 0.15) is 22.4 Å². The van der Waals surface area contributed by atoms with Crippen LogP contribution in [0.15, 0.2) is 27.6 Å². The Bertz CT molecular complexity index is 1140. The molecule has 194 valence electrons. The summed E-state index contributed by atoms with van der Waals surface area (Å²) in [5.41, 5.74) is 1.93. The van der Waals surface area contributed by atoms with E-state index in [1.54, 1.807) is 25.7 Å². The van der Waals surface area contributed by atoms with E-state index < -0.39 is 16.1 Å². The maximum Gasteiger partial charge on any atom is 0.248 e. The molecule has 0 saturated heterocycles. The van der Waals surface area contributed by atoms with Crippen LogP contribution in [0.2, 0.25) is 0 Å². The first kappa shape index (κ1) is 27.0. The highest BCUT2D eigenvalue weighted by atomic mass is 32.2. The number of nitrogens with zero attached hydrogens (tertiary/aromatic N) is 4. The fourth-order valence-electron chi connectivity index (χ4n) is 4.26. The molecule has 11 heteroatoms. The zero-order valence-electron chi connectivity index (χ0n) is 21.5. The molecular formula is C24H36N4O6S. The number of aryl methyl sites for hydroxylation is 2. The largest absolute Gasteiger partial charge is 0.488 e. The molecule has 1 N–H and O–H groups in total. The van der Waals surface area contributed by atoms with E-state index in [1.165, 1.54) is 11.4 Å². The van der Waals surface area contributed by atoms with Crippen molar-refractivity contribution in [3.63, 3.8) is 0 Å². The van der Waals surface area contributed by atoms with Gasteiger partial charge in [-0.2, -0.15) is 4.31 Å². The molecule has 0 bridgehead atoms. The van der Waals surface area contributed by atoms with Crippen molar-refractivity contribution in [2.45, 2.75) is 51.2 Å². The Morgan fingerprint density at radius 3 is 2.51 bits per heavy atom. The molecule has 0 fully saturated rings. The van der Waals surface area contributed by atoms with Gasteiger partial charge in [-0.1, -0.05) is 12.1 Å². The van der Waals surface area contributed by atoms with Crippen molar-refractivity contribution in [2.24, 2.45) is 5.92 Å². The van der Waals surface area contributed by atoms with Gasteiger partial charge in [-0.05, 0) is 39.0 Å². The zero-order valence-corrected chi connectivity index (χ0v) is 22.3. The number of hydrogen-bond acceptors (Lipinski definition) is 8. The van der Waals surface area contributed by atoms with Gasteiger partial charge in [0.05, 0.1) is 25.6 Å². The lowest BCUT2D eigenvalue weighted by Crippen LogP contribution is -2.48. The lowest BCUT2D eigenvalue weighted by molar-refractivity contribution is -0.134. The number of aliphatic hydroxyl groups is 1. The van der Waals surface area contributed by atoms with Crippen LogP contribution in [-0.2, 0) is 21.2 Å². The number of sulfonamides is 1. The second kappa shape index (κ2) is 10.5. The van der Waals surface area contributed by atoms with Crippen LogP contribution in [0, 0.1) is 19.8 Å². The van der Waals surface area contributed by atoms with Crippen molar-refractivity contribution in [1.29, 1.82) is 0 Å². The number of carbonyl (C=O) groups is 1. The van der Waals surface area contributed by atoms with Crippen molar-refractivity contribution >= 4 is 21.6 Å². The van der Waals surface area contributed by atoms with E-state index in [-0.39, 0.29) is 48.1 Å². The van der Waals surface area contributed by atoms with Crippen molar-refractivity contribution < 1.29 is 27.6 Å². The molecule has 0 radical (unpaired) electrons. The molecule has 2 heterocycles. The summed E-state index contributed by atoms with van der Waals surface area (Å²) in [4.78, 5) is 16.9. The van der Waals surface area contributed by atoms with Crippen molar-refractivity contribution in [3.05, 3.63) is 35.2 Å². The SMILES string of the molecule is Cc1noc(C)c1S(=O)(=O)N(C)C[C@H]1Oc2ccc(N(C)C)cc2CC(=O)N([C@@H](C)CO)C[C@@H]1C. The standard InChI is InChI=1S/C24H36N4O6S/c1-15-12-28(16(2)14-29)23(30)11-19-10-20(26(5)6)8-9-21(19)33-22(15)13-27(7)35(31,32)24-17(3)25-34-18(24)4/h8-10,15-16,22,29H,11-14H2,1-7H3/t15-,16-,22+/m0/s1.